The lowest BCUT2D eigenvalue weighted by Crippen LogP contribution is -2.32. The lowest BCUT2D eigenvalue weighted by atomic mass is 9.89. The molecule has 0 bridgehead atoms. The van der Waals surface area contributed by atoms with Crippen molar-refractivity contribution in [2.45, 2.75) is 71.3 Å². The number of H-pyrrole nitrogens is 1. The van der Waals surface area contributed by atoms with Crippen LogP contribution in [0.3, 0.4) is 0 Å². The fourth-order valence-electron chi connectivity index (χ4n) is 4.40. The van der Waals surface area contributed by atoms with E-state index in [4.69, 9.17) is 4.98 Å². The molecule has 0 aromatic carbocycles. The van der Waals surface area contributed by atoms with E-state index >= 15 is 0 Å². The zero-order chi connectivity index (χ0) is 17.4. The molecule has 2 aromatic heterocycles. The van der Waals surface area contributed by atoms with Gasteiger partial charge in [0.1, 0.15) is 10.7 Å². The number of aromatic amines is 1. The van der Waals surface area contributed by atoms with Crippen molar-refractivity contribution in [1.82, 2.24) is 14.9 Å². The minimum Gasteiger partial charge on any atom is -0.309 e. The van der Waals surface area contributed by atoms with E-state index in [-0.39, 0.29) is 11.6 Å². The quantitative estimate of drug-likeness (QED) is 0.862. The van der Waals surface area contributed by atoms with Crippen LogP contribution in [-0.2, 0) is 12.8 Å². The van der Waals surface area contributed by atoms with E-state index in [1.165, 1.54) is 49.0 Å². The minimum absolute atomic E-state index is 0.0750. The Balaban J connectivity index is 1.67. The number of aromatic nitrogens is 2. The molecule has 4 rings (SSSR count). The van der Waals surface area contributed by atoms with Gasteiger partial charge in [0, 0.05) is 4.88 Å². The monoisotopic (exact) mass is 359 g/mol. The topological polar surface area (TPSA) is 49.0 Å². The molecule has 2 aromatic rings. The van der Waals surface area contributed by atoms with Crippen molar-refractivity contribution in [2.24, 2.45) is 5.92 Å². The van der Waals surface area contributed by atoms with Crippen molar-refractivity contribution >= 4 is 21.6 Å². The van der Waals surface area contributed by atoms with Crippen LogP contribution in [0.25, 0.3) is 10.2 Å². The first kappa shape index (κ1) is 17.2. The summed E-state index contributed by atoms with van der Waals surface area (Å²) >= 11 is 1.75. The fraction of sp³-hybridized carbons (Fsp3) is 0.700. The number of aryl methyl sites for hydroxylation is 1. The Morgan fingerprint density at radius 1 is 1.20 bits per heavy atom. The molecule has 2 atom stereocenters. The summed E-state index contributed by atoms with van der Waals surface area (Å²) in [6, 6.07) is 0.188. The summed E-state index contributed by atoms with van der Waals surface area (Å²) in [5.74, 6) is 1.57. The molecule has 0 saturated carbocycles. The Morgan fingerprint density at radius 3 is 2.68 bits per heavy atom. The number of hydrogen-bond acceptors (Lipinski definition) is 4. The van der Waals surface area contributed by atoms with Crippen LogP contribution in [0.5, 0.6) is 0 Å². The molecule has 1 saturated heterocycles. The second-order valence-electron chi connectivity index (χ2n) is 7.96. The van der Waals surface area contributed by atoms with Gasteiger partial charge in [-0.2, -0.15) is 0 Å². The third-order valence-corrected chi connectivity index (χ3v) is 7.17. The molecule has 5 heteroatoms. The lowest BCUT2D eigenvalue weighted by molar-refractivity contribution is 0.185. The van der Waals surface area contributed by atoms with Crippen molar-refractivity contribution in [3.63, 3.8) is 0 Å². The zero-order valence-electron chi connectivity index (χ0n) is 15.4. The molecule has 1 aliphatic carbocycles. The zero-order valence-corrected chi connectivity index (χ0v) is 16.3. The van der Waals surface area contributed by atoms with Gasteiger partial charge in [-0.05, 0) is 63.6 Å². The van der Waals surface area contributed by atoms with Crippen LogP contribution in [-0.4, -0.2) is 28.0 Å². The first-order valence-electron chi connectivity index (χ1n) is 9.92. The first-order chi connectivity index (χ1) is 12.1. The fourth-order valence-corrected chi connectivity index (χ4v) is 5.79. The Morgan fingerprint density at radius 2 is 1.92 bits per heavy atom. The van der Waals surface area contributed by atoms with Gasteiger partial charge in [0.25, 0.3) is 5.56 Å². The number of hydrogen-bond donors (Lipinski definition) is 1. The van der Waals surface area contributed by atoms with E-state index in [1.54, 1.807) is 11.3 Å². The van der Waals surface area contributed by atoms with Crippen LogP contribution >= 0.6 is 11.3 Å². The summed E-state index contributed by atoms with van der Waals surface area (Å²) in [6.45, 7) is 6.73. The van der Waals surface area contributed by atoms with Crippen LogP contribution in [0, 0.1) is 5.92 Å². The highest BCUT2D eigenvalue weighted by Crippen LogP contribution is 2.36. The first-order valence-corrected chi connectivity index (χ1v) is 10.7. The standard InChI is InChI=1S/C20H29N3OS/c1-13-8-9-15-16(12-13)25-20-17(15)19(24)21-18(22-20)14(2)23-10-6-4-3-5-7-11-23/h13-14H,3-12H2,1-2H3,(H,21,22,24). The van der Waals surface area contributed by atoms with E-state index < -0.39 is 0 Å². The minimum atomic E-state index is 0.0750. The second kappa shape index (κ2) is 7.20. The van der Waals surface area contributed by atoms with E-state index in [1.807, 2.05) is 0 Å². The van der Waals surface area contributed by atoms with E-state index in [9.17, 15) is 4.79 Å². The van der Waals surface area contributed by atoms with Crippen LogP contribution < -0.4 is 5.56 Å². The second-order valence-corrected chi connectivity index (χ2v) is 9.05. The Kier molecular flexibility index (Phi) is 4.96. The smallest absolute Gasteiger partial charge is 0.259 e. The average Bonchev–Trinajstić information content (AvgIpc) is 2.91. The van der Waals surface area contributed by atoms with Crippen LogP contribution in [0.4, 0.5) is 0 Å². The van der Waals surface area contributed by atoms with Gasteiger partial charge in [-0.1, -0.05) is 26.2 Å². The third-order valence-electron chi connectivity index (χ3n) is 6.02. The van der Waals surface area contributed by atoms with Crippen molar-refractivity contribution in [1.29, 1.82) is 0 Å². The van der Waals surface area contributed by atoms with Gasteiger partial charge in [-0.25, -0.2) is 4.98 Å². The van der Waals surface area contributed by atoms with Gasteiger partial charge < -0.3 is 4.98 Å². The van der Waals surface area contributed by atoms with E-state index in [0.717, 1.165) is 47.9 Å². The summed E-state index contributed by atoms with van der Waals surface area (Å²) < 4.78 is 0. The van der Waals surface area contributed by atoms with E-state index in [0.29, 0.717) is 0 Å². The summed E-state index contributed by atoms with van der Waals surface area (Å²) in [4.78, 5) is 25.7. The number of thiophene rings is 1. The average molecular weight is 360 g/mol. The predicted octanol–water partition coefficient (Wildman–Crippen LogP) is 4.44. The van der Waals surface area contributed by atoms with Crippen molar-refractivity contribution in [2.75, 3.05) is 13.1 Å². The predicted molar refractivity (Wildman–Crippen MR) is 105 cm³/mol. The number of nitrogens with zero attached hydrogens (tertiary/aromatic N) is 2. The molecule has 2 unspecified atom stereocenters. The lowest BCUT2D eigenvalue weighted by Gasteiger charge is -2.29. The maximum Gasteiger partial charge on any atom is 0.259 e. The molecule has 2 aliphatic rings. The van der Waals surface area contributed by atoms with Crippen molar-refractivity contribution < 1.29 is 0 Å². The van der Waals surface area contributed by atoms with Gasteiger partial charge in [0.15, 0.2) is 0 Å². The van der Waals surface area contributed by atoms with Gasteiger partial charge in [0.05, 0.1) is 11.4 Å². The van der Waals surface area contributed by atoms with E-state index in [2.05, 4.69) is 23.7 Å². The number of fused-ring (bicyclic) bond motifs is 3. The molecule has 3 heterocycles. The molecular weight excluding hydrogens is 330 g/mol. The highest BCUT2D eigenvalue weighted by Gasteiger charge is 2.25. The number of rotatable bonds is 2. The normalized spacial score (nSPS) is 23.8. The van der Waals surface area contributed by atoms with Crippen molar-refractivity contribution in [3.05, 3.63) is 26.6 Å². The van der Waals surface area contributed by atoms with Crippen LogP contribution in [0.1, 0.15) is 74.7 Å². The summed E-state index contributed by atoms with van der Waals surface area (Å²) in [6.07, 6.45) is 9.83. The number of nitrogens with one attached hydrogen (secondary N) is 1. The Labute approximate surface area is 153 Å². The Hall–Kier alpha value is -1.20. The maximum atomic E-state index is 12.8. The van der Waals surface area contributed by atoms with Gasteiger partial charge >= 0.3 is 0 Å². The summed E-state index contributed by atoms with van der Waals surface area (Å²) in [7, 11) is 0. The van der Waals surface area contributed by atoms with Crippen LogP contribution in [0.2, 0.25) is 0 Å². The summed E-state index contributed by atoms with van der Waals surface area (Å²) in [5, 5.41) is 0.871. The number of likely N-dealkylation sites (tertiary alicyclic amines) is 1. The summed E-state index contributed by atoms with van der Waals surface area (Å²) in [5.41, 5.74) is 1.35. The highest BCUT2D eigenvalue weighted by molar-refractivity contribution is 7.18. The highest BCUT2D eigenvalue weighted by atomic mass is 32.1. The van der Waals surface area contributed by atoms with Gasteiger partial charge in [0.2, 0.25) is 0 Å². The molecule has 25 heavy (non-hydrogen) atoms. The molecule has 136 valence electrons. The Bertz CT molecular complexity index is 801. The molecular formula is C20H29N3OS. The largest absolute Gasteiger partial charge is 0.309 e. The molecule has 1 N–H and O–H groups in total. The van der Waals surface area contributed by atoms with Crippen molar-refractivity contribution in [3.8, 4) is 0 Å². The molecule has 4 nitrogen and oxygen atoms in total. The third kappa shape index (κ3) is 3.41. The molecule has 0 amide bonds. The molecule has 0 spiro atoms. The maximum absolute atomic E-state index is 12.8. The molecule has 0 radical (unpaired) electrons. The van der Waals surface area contributed by atoms with Crippen LogP contribution in [0.15, 0.2) is 4.79 Å². The van der Waals surface area contributed by atoms with Gasteiger partial charge in [-0.3, -0.25) is 9.69 Å². The van der Waals surface area contributed by atoms with Gasteiger partial charge in [-0.15, -0.1) is 11.3 Å². The SMILES string of the molecule is CC1CCc2c(sc3nc(C(C)N4CCCCCCC4)[nH]c(=O)c23)C1. The molecule has 1 fully saturated rings. The molecule has 1 aliphatic heterocycles.